The topological polar surface area (TPSA) is 67.8 Å². The molecular weight excluding hydrogens is 186 g/mol. The van der Waals surface area contributed by atoms with Gasteiger partial charge in [0.15, 0.2) is 0 Å². The summed E-state index contributed by atoms with van der Waals surface area (Å²) in [6.45, 7) is 0. The highest BCUT2D eigenvalue weighted by atomic mass is 14.7. The number of aromatic nitrogens is 1. The van der Waals surface area contributed by atoms with E-state index in [1.807, 2.05) is 24.3 Å². The van der Waals surface area contributed by atoms with Crippen LogP contribution >= 0.6 is 0 Å². The zero-order chi connectivity index (χ0) is 10.4. The van der Waals surface area contributed by atoms with Gasteiger partial charge in [0.25, 0.3) is 0 Å². The molecule has 0 amide bonds. The van der Waals surface area contributed by atoms with Crippen LogP contribution in [0.4, 0.5) is 11.4 Å². The molecular formula is C12H11N3. The third kappa shape index (κ3) is 1.06. The van der Waals surface area contributed by atoms with Crippen molar-refractivity contribution in [3.63, 3.8) is 0 Å². The highest BCUT2D eigenvalue weighted by molar-refractivity contribution is 6.13. The van der Waals surface area contributed by atoms with Crippen molar-refractivity contribution < 1.29 is 0 Å². The van der Waals surface area contributed by atoms with Gasteiger partial charge in [-0.25, -0.2) is 0 Å². The number of nitrogens with one attached hydrogen (secondary N) is 1. The Balaban J connectivity index is 2.61. The van der Waals surface area contributed by atoms with Gasteiger partial charge in [-0.2, -0.15) is 0 Å². The minimum Gasteiger partial charge on any atom is -0.399 e. The predicted octanol–water partition coefficient (Wildman–Crippen LogP) is 2.49. The summed E-state index contributed by atoms with van der Waals surface area (Å²) in [7, 11) is 0. The maximum Gasteiger partial charge on any atom is 0.0506 e. The molecule has 74 valence electrons. The van der Waals surface area contributed by atoms with Crippen LogP contribution in [0.15, 0.2) is 36.4 Å². The Morgan fingerprint density at radius 1 is 0.933 bits per heavy atom. The number of rotatable bonds is 0. The summed E-state index contributed by atoms with van der Waals surface area (Å²) in [6.07, 6.45) is 0. The van der Waals surface area contributed by atoms with Crippen molar-refractivity contribution in [3.8, 4) is 0 Å². The molecule has 0 aliphatic heterocycles. The van der Waals surface area contributed by atoms with Gasteiger partial charge in [-0.15, -0.1) is 0 Å². The van der Waals surface area contributed by atoms with E-state index in [0.717, 1.165) is 27.5 Å². The summed E-state index contributed by atoms with van der Waals surface area (Å²) >= 11 is 0. The number of H-pyrrole nitrogens is 1. The number of fused-ring (bicyclic) bond motifs is 3. The SMILES string of the molecule is Nc1cc(N)c2c(c1)[nH]c1ccccc12. The molecule has 5 N–H and O–H groups in total. The van der Waals surface area contributed by atoms with E-state index in [0.29, 0.717) is 5.69 Å². The zero-order valence-corrected chi connectivity index (χ0v) is 8.12. The first kappa shape index (κ1) is 8.17. The van der Waals surface area contributed by atoms with Gasteiger partial charge in [-0.05, 0) is 18.2 Å². The van der Waals surface area contributed by atoms with Crippen LogP contribution in [0.25, 0.3) is 21.8 Å². The van der Waals surface area contributed by atoms with Gasteiger partial charge in [0.2, 0.25) is 0 Å². The van der Waals surface area contributed by atoms with Crippen LogP contribution in [0.2, 0.25) is 0 Å². The molecule has 1 aromatic heterocycles. The third-order valence-electron chi connectivity index (χ3n) is 2.66. The molecule has 0 radical (unpaired) electrons. The molecule has 2 aromatic carbocycles. The van der Waals surface area contributed by atoms with Gasteiger partial charge in [0.1, 0.15) is 0 Å². The molecule has 0 spiro atoms. The van der Waals surface area contributed by atoms with Crippen LogP contribution in [0.3, 0.4) is 0 Å². The lowest BCUT2D eigenvalue weighted by Crippen LogP contribution is -1.90. The van der Waals surface area contributed by atoms with Gasteiger partial charge in [0, 0.05) is 27.7 Å². The van der Waals surface area contributed by atoms with E-state index >= 15 is 0 Å². The number of para-hydroxylation sites is 1. The molecule has 0 unspecified atom stereocenters. The van der Waals surface area contributed by atoms with Crippen molar-refractivity contribution in [3.05, 3.63) is 36.4 Å². The molecule has 0 fully saturated rings. The first-order chi connectivity index (χ1) is 7.25. The van der Waals surface area contributed by atoms with Crippen molar-refractivity contribution in [2.45, 2.75) is 0 Å². The summed E-state index contributed by atoms with van der Waals surface area (Å²) in [6, 6.07) is 11.8. The molecule has 0 aliphatic carbocycles. The van der Waals surface area contributed by atoms with E-state index in [1.165, 1.54) is 0 Å². The fraction of sp³-hybridized carbons (Fsp3) is 0. The average Bonchev–Trinajstić information content (AvgIpc) is 2.54. The molecule has 0 atom stereocenters. The molecule has 3 aromatic rings. The Bertz CT molecular complexity index is 652. The van der Waals surface area contributed by atoms with Gasteiger partial charge in [0.05, 0.1) is 5.52 Å². The minimum absolute atomic E-state index is 0.687. The van der Waals surface area contributed by atoms with Crippen LogP contribution in [0.1, 0.15) is 0 Å². The second-order valence-electron chi connectivity index (χ2n) is 3.70. The van der Waals surface area contributed by atoms with Crippen molar-refractivity contribution in [2.24, 2.45) is 0 Å². The first-order valence-corrected chi connectivity index (χ1v) is 4.81. The molecule has 15 heavy (non-hydrogen) atoms. The van der Waals surface area contributed by atoms with Crippen molar-refractivity contribution in [1.82, 2.24) is 4.98 Å². The summed E-state index contributed by atoms with van der Waals surface area (Å²) in [5, 5.41) is 2.20. The van der Waals surface area contributed by atoms with Crippen LogP contribution in [0, 0.1) is 0 Å². The zero-order valence-electron chi connectivity index (χ0n) is 8.12. The lowest BCUT2D eigenvalue weighted by molar-refractivity contribution is 1.54. The normalized spacial score (nSPS) is 11.2. The van der Waals surface area contributed by atoms with E-state index in [-0.39, 0.29) is 0 Å². The standard InChI is InChI=1S/C12H11N3/c13-7-5-9(14)12-8-3-1-2-4-10(8)15-11(12)6-7/h1-6,15H,13-14H2. The molecule has 3 rings (SSSR count). The van der Waals surface area contributed by atoms with Gasteiger partial charge in [-0.3, -0.25) is 0 Å². The number of hydrogen-bond donors (Lipinski definition) is 3. The molecule has 0 saturated carbocycles. The van der Waals surface area contributed by atoms with Crippen LogP contribution in [0.5, 0.6) is 0 Å². The molecule has 0 saturated heterocycles. The van der Waals surface area contributed by atoms with Crippen molar-refractivity contribution >= 4 is 33.2 Å². The smallest absolute Gasteiger partial charge is 0.0506 e. The Labute approximate surface area is 86.7 Å². The quantitative estimate of drug-likeness (QED) is 0.484. The third-order valence-corrected chi connectivity index (χ3v) is 2.66. The molecule has 3 heteroatoms. The molecule has 3 nitrogen and oxygen atoms in total. The van der Waals surface area contributed by atoms with E-state index in [2.05, 4.69) is 11.1 Å². The van der Waals surface area contributed by atoms with Crippen LogP contribution < -0.4 is 11.5 Å². The van der Waals surface area contributed by atoms with E-state index in [1.54, 1.807) is 6.07 Å². The second kappa shape index (κ2) is 2.67. The lowest BCUT2D eigenvalue weighted by Gasteiger charge is -1.99. The molecule has 0 bridgehead atoms. The highest BCUT2D eigenvalue weighted by Gasteiger charge is 2.06. The number of nitrogen functional groups attached to an aromatic ring is 2. The van der Waals surface area contributed by atoms with E-state index in [4.69, 9.17) is 11.5 Å². The van der Waals surface area contributed by atoms with E-state index < -0.39 is 0 Å². The summed E-state index contributed by atoms with van der Waals surface area (Å²) in [5.74, 6) is 0. The fourth-order valence-electron chi connectivity index (χ4n) is 2.04. The number of benzene rings is 2. The number of anilines is 2. The first-order valence-electron chi connectivity index (χ1n) is 4.81. The number of hydrogen-bond acceptors (Lipinski definition) is 2. The van der Waals surface area contributed by atoms with Gasteiger partial charge >= 0.3 is 0 Å². The summed E-state index contributed by atoms with van der Waals surface area (Å²) < 4.78 is 0. The van der Waals surface area contributed by atoms with Gasteiger partial charge in [-0.1, -0.05) is 18.2 Å². The fourth-order valence-corrected chi connectivity index (χ4v) is 2.04. The minimum atomic E-state index is 0.687. The largest absolute Gasteiger partial charge is 0.399 e. The average molecular weight is 197 g/mol. The predicted molar refractivity (Wildman–Crippen MR) is 64.6 cm³/mol. The van der Waals surface area contributed by atoms with Gasteiger partial charge < -0.3 is 16.5 Å². The van der Waals surface area contributed by atoms with Crippen LogP contribution in [-0.2, 0) is 0 Å². The van der Waals surface area contributed by atoms with Crippen LogP contribution in [-0.4, -0.2) is 4.98 Å². The Kier molecular flexibility index (Phi) is 1.45. The molecule has 0 aliphatic rings. The Morgan fingerprint density at radius 2 is 1.73 bits per heavy atom. The lowest BCUT2D eigenvalue weighted by atomic mass is 10.1. The maximum absolute atomic E-state index is 5.97. The highest BCUT2D eigenvalue weighted by Crippen LogP contribution is 2.31. The number of nitrogens with two attached hydrogens (primary N) is 2. The maximum atomic E-state index is 5.97. The van der Waals surface area contributed by atoms with Crippen molar-refractivity contribution in [2.75, 3.05) is 11.5 Å². The molecule has 1 heterocycles. The monoisotopic (exact) mass is 197 g/mol. The summed E-state index contributed by atoms with van der Waals surface area (Å²) in [4.78, 5) is 3.30. The number of aromatic amines is 1. The van der Waals surface area contributed by atoms with Crippen molar-refractivity contribution in [1.29, 1.82) is 0 Å². The Hall–Kier alpha value is -2.16. The van der Waals surface area contributed by atoms with E-state index in [9.17, 15) is 0 Å². The second-order valence-corrected chi connectivity index (χ2v) is 3.70. The summed E-state index contributed by atoms with van der Waals surface area (Å²) in [5.41, 5.74) is 15.2. The Morgan fingerprint density at radius 3 is 2.60 bits per heavy atom.